The van der Waals surface area contributed by atoms with Crippen molar-refractivity contribution in [3.63, 3.8) is 0 Å². The molecule has 0 fully saturated rings. The molecule has 1 aliphatic rings. The van der Waals surface area contributed by atoms with Crippen LogP contribution in [0.5, 0.6) is 0 Å². The lowest BCUT2D eigenvalue weighted by molar-refractivity contribution is 1.05. The number of nitriles is 1. The maximum absolute atomic E-state index is 11.5. The number of allylic oxidation sites excluding steroid dienone is 4. The Morgan fingerprint density at radius 2 is 0.559 bits per heavy atom. The van der Waals surface area contributed by atoms with Gasteiger partial charge in [-0.2, -0.15) is 5.26 Å². The molecule has 10 aromatic carbocycles. The second kappa shape index (κ2) is 18.9. The van der Waals surface area contributed by atoms with Crippen LogP contribution in [0.15, 0.2) is 261 Å². The number of benzene rings is 10. The number of hydrogen-bond donors (Lipinski definition) is 0. The molecule has 10 aromatic rings. The average molecular weight is 866 g/mol. The summed E-state index contributed by atoms with van der Waals surface area (Å²) in [6.45, 7) is 0. The third-order valence-corrected chi connectivity index (χ3v) is 13.2. The van der Waals surface area contributed by atoms with E-state index in [0.717, 1.165) is 107 Å². The monoisotopic (exact) mass is 865 g/mol. The highest BCUT2D eigenvalue weighted by Crippen LogP contribution is 2.44. The van der Waals surface area contributed by atoms with Crippen molar-refractivity contribution in [2.45, 2.75) is 12.8 Å². The Kier molecular flexibility index (Phi) is 11.7. The van der Waals surface area contributed by atoms with Crippen LogP contribution in [0.25, 0.3) is 106 Å². The van der Waals surface area contributed by atoms with Crippen LogP contribution >= 0.6 is 0 Å². The van der Waals surface area contributed by atoms with Gasteiger partial charge in [0.1, 0.15) is 6.07 Å². The SMILES string of the molecule is N#Cc1c(-c2cc(-c3ccccc3C3=CC=CCC3)cc(-c3ccccc3-c3ccccc3)c2)cccc1-c1cc(-c2ccccc2-c2ccccc2)cc(-c2ccccc2-c2ccccc2)c1. The quantitative estimate of drug-likeness (QED) is 0.134. The molecule has 0 saturated carbocycles. The summed E-state index contributed by atoms with van der Waals surface area (Å²) in [5, 5.41) is 11.5. The fourth-order valence-corrected chi connectivity index (χ4v) is 10.00. The Morgan fingerprint density at radius 1 is 0.279 bits per heavy atom. The molecule has 1 heteroatoms. The summed E-state index contributed by atoms with van der Waals surface area (Å²) in [4.78, 5) is 0. The third-order valence-electron chi connectivity index (χ3n) is 13.2. The molecule has 68 heavy (non-hydrogen) atoms. The van der Waals surface area contributed by atoms with Gasteiger partial charge in [0.05, 0.1) is 5.56 Å². The lowest BCUT2D eigenvalue weighted by atomic mass is 9.84. The fraction of sp³-hybridized carbons (Fsp3) is 0.0299. The minimum absolute atomic E-state index is 0.635. The Morgan fingerprint density at radius 3 is 0.882 bits per heavy atom. The van der Waals surface area contributed by atoms with Crippen LogP contribution in [-0.4, -0.2) is 0 Å². The molecule has 0 aromatic heterocycles. The second-order valence-corrected chi connectivity index (χ2v) is 17.4. The van der Waals surface area contributed by atoms with Crippen molar-refractivity contribution in [2.24, 2.45) is 0 Å². The van der Waals surface area contributed by atoms with Crippen LogP contribution in [0.2, 0.25) is 0 Å². The lowest BCUT2D eigenvalue weighted by Gasteiger charge is -2.19. The van der Waals surface area contributed by atoms with Gasteiger partial charge in [0.25, 0.3) is 0 Å². The Bertz CT molecular complexity index is 3450. The Hall–Kier alpha value is -8.83. The van der Waals surface area contributed by atoms with Crippen molar-refractivity contribution < 1.29 is 0 Å². The maximum atomic E-state index is 11.5. The van der Waals surface area contributed by atoms with Crippen LogP contribution in [0.1, 0.15) is 24.0 Å². The van der Waals surface area contributed by atoms with Gasteiger partial charge in [-0.1, -0.05) is 224 Å². The standard InChI is InChI=1S/C67H47N/c68-46-67-65(55-42-51(61-34-17-13-30-57(61)47-22-5-1-6-23-47)40-52(43-55)62-35-18-14-31-58(62)48-24-7-2-8-25-48)38-21-39-66(67)56-44-53(63-36-19-15-32-59(63)49-26-9-3-10-27-49)41-54(45-56)64-37-20-16-33-60(64)50-28-11-4-12-29-50/h1-11,13-28,30-45H,12,29H2. The summed E-state index contributed by atoms with van der Waals surface area (Å²) < 4.78 is 0. The molecule has 0 aliphatic heterocycles. The molecule has 0 bridgehead atoms. The molecule has 0 spiro atoms. The van der Waals surface area contributed by atoms with Gasteiger partial charge in [0.15, 0.2) is 0 Å². The van der Waals surface area contributed by atoms with Crippen molar-refractivity contribution in [1.82, 2.24) is 0 Å². The molecular weight excluding hydrogens is 819 g/mol. The van der Waals surface area contributed by atoms with Gasteiger partial charge in [-0.15, -0.1) is 0 Å². The van der Waals surface area contributed by atoms with E-state index in [2.05, 4.69) is 267 Å². The number of rotatable bonds is 10. The number of nitrogens with zero attached hydrogens (tertiary/aromatic N) is 1. The smallest absolute Gasteiger partial charge is 0.100 e. The molecule has 0 N–H and O–H groups in total. The molecule has 1 aliphatic carbocycles. The minimum atomic E-state index is 0.635. The van der Waals surface area contributed by atoms with Gasteiger partial charge in [0.2, 0.25) is 0 Å². The van der Waals surface area contributed by atoms with E-state index in [-0.39, 0.29) is 0 Å². The van der Waals surface area contributed by atoms with Gasteiger partial charge in [-0.05, 0) is 149 Å². The normalized spacial score (nSPS) is 12.0. The highest BCUT2D eigenvalue weighted by atomic mass is 14.3. The maximum Gasteiger partial charge on any atom is 0.100 e. The zero-order valence-corrected chi connectivity index (χ0v) is 37.7. The first kappa shape index (κ1) is 41.8. The summed E-state index contributed by atoms with van der Waals surface area (Å²) in [5.74, 6) is 0. The van der Waals surface area contributed by atoms with Crippen molar-refractivity contribution >= 4 is 5.57 Å². The lowest BCUT2D eigenvalue weighted by Crippen LogP contribution is -1.96. The first-order valence-electron chi connectivity index (χ1n) is 23.4. The molecule has 0 atom stereocenters. The van der Waals surface area contributed by atoms with Crippen LogP contribution in [0.3, 0.4) is 0 Å². The van der Waals surface area contributed by atoms with E-state index >= 15 is 0 Å². The third kappa shape index (κ3) is 8.33. The van der Waals surface area contributed by atoms with E-state index < -0.39 is 0 Å². The Balaban J connectivity index is 1.14. The van der Waals surface area contributed by atoms with Crippen molar-refractivity contribution in [1.29, 1.82) is 5.26 Å². The van der Waals surface area contributed by atoms with E-state index in [4.69, 9.17) is 0 Å². The predicted octanol–water partition coefficient (Wildman–Crippen LogP) is 18.3. The molecule has 0 heterocycles. The van der Waals surface area contributed by atoms with E-state index in [1.165, 1.54) is 16.7 Å². The zero-order valence-electron chi connectivity index (χ0n) is 37.7. The molecule has 1 nitrogen and oxygen atoms in total. The first-order chi connectivity index (χ1) is 33.7. The Labute approximate surface area is 400 Å². The summed E-state index contributed by atoms with van der Waals surface area (Å²) >= 11 is 0. The zero-order chi connectivity index (χ0) is 45.7. The van der Waals surface area contributed by atoms with Crippen LogP contribution < -0.4 is 0 Å². The topological polar surface area (TPSA) is 23.8 Å². The highest BCUT2D eigenvalue weighted by Gasteiger charge is 2.20. The molecule has 11 rings (SSSR count). The molecule has 0 radical (unpaired) electrons. The summed E-state index contributed by atoms with van der Waals surface area (Å²) in [6.07, 6.45) is 8.69. The number of hydrogen-bond acceptors (Lipinski definition) is 1. The van der Waals surface area contributed by atoms with Gasteiger partial charge >= 0.3 is 0 Å². The van der Waals surface area contributed by atoms with Gasteiger partial charge in [-0.3, -0.25) is 0 Å². The van der Waals surface area contributed by atoms with Crippen molar-refractivity contribution in [3.8, 4) is 106 Å². The second-order valence-electron chi connectivity index (χ2n) is 17.4. The highest BCUT2D eigenvalue weighted by molar-refractivity contribution is 5.96. The molecule has 0 unspecified atom stereocenters. The van der Waals surface area contributed by atoms with Crippen LogP contribution in [0.4, 0.5) is 0 Å². The van der Waals surface area contributed by atoms with Crippen LogP contribution in [0, 0.1) is 11.3 Å². The molecule has 320 valence electrons. The first-order valence-corrected chi connectivity index (χ1v) is 23.4. The van der Waals surface area contributed by atoms with Gasteiger partial charge in [-0.25, -0.2) is 0 Å². The van der Waals surface area contributed by atoms with Crippen LogP contribution in [-0.2, 0) is 0 Å². The van der Waals surface area contributed by atoms with E-state index in [9.17, 15) is 5.26 Å². The van der Waals surface area contributed by atoms with Gasteiger partial charge in [0, 0.05) is 11.1 Å². The van der Waals surface area contributed by atoms with E-state index in [1.54, 1.807) is 0 Å². The molecule has 0 saturated heterocycles. The largest absolute Gasteiger partial charge is 0.192 e. The minimum Gasteiger partial charge on any atom is -0.192 e. The van der Waals surface area contributed by atoms with Gasteiger partial charge < -0.3 is 0 Å². The van der Waals surface area contributed by atoms with E-state index in [0.29, 0.717) is 5.56 Å². The summed E-state index contributed by atoms with van der Waals surface area (Å²) in [5.41, 5.74) is 22.8. The predicted molar refractivity (Wildman–Crippen MR) is 286 cm³/mol. The summed E-state index contributed by atoms with van der Waals surface area (Å²) in [6, 6.07) is 89.5. The van der Waals surface area contributed by atoms with Crippen molar-refractivity contribution in [2.75, 3.05) is 0 Å². The fourth-order valence-electron chi connectivity index (χ4n) is 10.00. The average Bonchev–Trinajstić information content (AvgIpc) is 3.43. The molecule has 0 amide bonds. The summed E-state index contributed by atoms with van der Waals surface area (Å²) in [7, 11) is 0. The van der Waals surface area contributed by atoms with E-state index in [1.807, 2.05) is 0 Å². The molecular formula is C67H47N. The van der Waals surface area contributed by atoms with Crippen molar-refractivity contribution in [3.05, 3.63) is 272 Å².